The van der Waals surface area contributed by atoms with E-state index in [4.69, 9.17) is 0 Å². The SMILES string of the molecule is O=C[C@@H]1CCN1CCF. The minimum Gasteiger partial charge on any atom is -0.302 e. The lowest BCUT2D eigenvalue weighted by atomic mass is 10.1. The van der Waals surface area contributed by atoms with Crippen LogP contribution in [0, 0.1) is 0 Å². The van der Waals surface area contributed by atoms with Gasteiger partial charge in [-0.15, -0.1) is 0 Å². The van der Waals surface area contributed by atoms with Crippen molar-refractivity contribution in [1.29, 1.82) is 0 Å². The normalized spacial score (nSPS) is 27.4. The van der Waals surface area contributed by atoms with Gasteiger partial charge >= 0.3 is 0 Å². The van der Waals surface area contributed by atoms with Crippen LogP contribution >= 0.6 is 0 Å². The van der Waals surface area contributed by atoms with Crippen LogP contribution in [0.2, 0.25) is 0 Å². The topological polar surface area (TPSA) is 20.3 Å². The summed E-state index contributed by atoms with van der Waals surface area (Å²) in [4.78, 5) is 11.9. The first-order chi connectivity index (χ1) is 4.38. The Bertz CT molecular complexity index is 107. The Labute approximate surface area is 53.6 Å². The lowest BCUT2D eigenvalue weighted by molar-refractivity contribution is -0.116. The Hall–Kier alpha value is -0.440. The molecule has 1 aliphatic rings. The van der Waals surface area contributed by atoms with E-state index in [1.807, 2.05) is 4.90 Å². The highest BCUT2D eigenvalue weighted by atomic mass is 19.1. The van der Waals surface area contributed by atoms with Gasteiger partial charge in [0, 0.05) is 13.1 Å². The van der Waals surface area contributed by atoms with Gasteiger partial charge in [0.2, 0.25) is 0 Å². The van der Waals surface area contributed by atoms with E-state index in [9.17, 15) is 9.18 Å². The number of aldehydes is 1. The zero-order valence-corrected chi connectivity index (χ0v) is 5.22. The van der Waals surface area contributed by atoms with Crippen LogP contribution in [0.1, 0.15) is 6.42 Å². The molecule has 0 aromatic carbocycles. The molecule has 0 saturated carbocycles. The lowest BCUT2D eigenvalue weighted by Crippen LogP contribution is -2.49. The van der Waals surface area contributed by atoms with Crippen LogP contribution in [0.15, 0.2) is 0 Å². The van der Waals surface area contributed by atoms with Crippen molar-refractivity contribution in [2.24, 2.45) is 0 Å². The third-order valence-corrected chi connectivity index (χ3v) is 1.71. The van der Waals surface area contributed by atoms with E-state index in [0.29, 0.717) is 6.54 Å². The highest BCUT2D eigenvalue weighted by Crippen LogP contribution is 2.13. The standard InChI is InChI=1S/C6H10FNO/c7-2-4-8-3-1-6(8)5-9/h5-6H,1-4H2/t6-/m0/s1. The molecule has 1 aliphatic heterocycles. The van der Waals surface area contributed by atoms with Gasteiger partial charge in [-0.25, -0.2) is 4.39 Å². The van der Waals surface area contributed by atoms with Crippen molar-refractivity contribution in [3.05, 3.63) is 0 Å². The second kappa shape index (κ2) is 2.92. The first-order valence-corrected chi connectivity index (χ1v) is 3.14. The second-order valence-corrected chi connectivity index (χ2v) is 2.22. The van der Waals surface area contributed by atoms with Gasteiger partial charge in [0.05, 0.1) is 6.04 Å². The van der Waals surface area contributed by atoms with Crippen LogP contribution < -0.4 is 0 Å². The Morgan fingerprint density at radius 3 is 2.89 bits per heavy atom. The first kappa shape index (κ1) is 6.68. The van der Waals surface area contributed by atoms with Gasteiger partial charge in [0.15, 0.2) is 0 Å². The Kier molecular flexibility index (Phi) is 2.16. The average Bonchev–Trinajstić information content (AvgIpc) is 1.82. The lowest BCUT2D eigenvalue weighted by Gasteiger charge is -2.36. The zero-order chi connectivity index (χ0) is 6.69. The van der Waals surface area contributed by atoms with Gasteiger partial charge in [-0.3, -0.25) is 4.90 Å². The van der Waals surface area contributed by atoms with Crippen LogP contribution in [0.4, 0.5) is 4.39 Å². The van der Waals surface area contributed by atoms with Gasteiger partial charge < -0.3 is 4.79 Å². The molecule has 0 spiro atoms. The summed E-state index contributed by atoms with van der Waals surface area (Å²) >= 11 is 0. The molecule has 0 aromatic heterocycles. The summed E-state index contributed by atoms with van der Waals surface area (Å²) in [6.07, 6.45) is 1.79. The second-order valence-electron chi connectivity index (χ2n) is 2.22. The molecule has 0 aromatic rings. The number of rotatable bonds is 3. The van der Waals surface area contributed by atoms with Crippen molar-refractivity contribution in [2.75, 3.05) is 19.8 Å². The van der Waals surface area contributed by atoms with Crippen LogP contribution in [-0.4, -0.2) is 37.0 Å². The summed E-state index contributed by atoms with van der Waals surface area (Å²) in [5.41, 5.74) is 0. The van der Waals surface area contributed by atoms with Gasteiger partial charge in [-0.1, -0.05) is 0 Å². The predicted octanol–water partition coefficient (Wildman–Crippen LogP) is 0.229. The first-order valence-electron chi connectivity index (χ1n) is 3.14. The summed E-state index contributed by atoms with van der Waals surface area (Å²) in [7, 11) is 0. The van der Waals surface area contributed by atoms with Crippen LogP contribution in [0.3, 0.4) is 0 Å². The molecule has 0 amide bonds. The van der Waals surface area contributed by atoms with Gasteiger partial charge in [-0.05, 0) is 6.42 Å². The van der Waals surface area contributed by atoms with Crippen molar-refractivity contribution >= 4 is 6.29 Å². The fourth-order valence-electron chi connectivity index (χ4n) is 1.00. The van der Waals surface area contributed by atoms with Crippen LogP contribution in [-0.2, 0) is 4.79 Å². The van der Waals surface area contributed by atoms with Crippen molar-refractivity contribution in [1.82, 2.24) is 4.90 Å². The summed E-state index contributed by atoms with van der Waals surface area (Å²) in [5, 5.41) is 0. The number of carbonyl (C=O) groups is 1. The summed E-state index contributed by atoms with van der Waals surface area (Å²) in [6, 6.07) is 0.0146. The molecule has 0 unspecified atom stereocenters. The van der Waals surface area contributed by atoms with E-state index in [1.165, 1.54) is 0 Å². The molecule has 9 heavy (non-hydrogen) atoms. The Balaban J connectivity index is 2.18. The maximum Gasteiger partial charge on any atom is 0.137 e. The molecule has 0 aliphatic carbocycles. The smallest absolute Gasteiger partial charge is 0.137 e. The number of hydrogen-bond acceptors (Lipinski definition) is 2. The number of carbonyl (C=O) groups excluding carboxylic acids is 1. The minimum atomic E-state index is -0.343. The molecule has 1 saturated heterocycles. The quantitative estimate of drug-likeness (QED) is 0.511. The minimum absolute atomic E-state index is 0.0146. The molecule has 0 radical (unpaired) electrons. The number of halogens is 1. The number of alkyl halides is 1. The third-order valence-electron chi connectivity index (χ3n) is 1.71. The third kappa shape index (κ3) is 1.27. The van der Waals surface area contributed by atoms with Crippen molar-refractivity contribution < 1.29 is 9.18 Å². The molecule has 1 atom stereocenters. The molecule has 0 bridgehead atoms. The summed E-state index contributed by atoms with van der Waals surface area (Å²) in [5.74, 6) is 0. The van der Waals surface area contributed by atoms with Crippen molar-refractivity contribution in [3.63, 3.8) is 0 Å². The van der Waals surface area contributed by atoms with E-state index in [2.05, 4.69) is 0 Å². The highest BCUT2D eigenvalue weighted by molar-refractivity contribution is 5.59. The molecular weight excluding hydrogens is 121 g/mol. The monoisotopic (exact) mass is 131 g/mol. The molecule has 1 rings (SSSR count). The Morgan fingerprint density at radius 2 is 2.56 bits per heavy atom. The van der Waals surface area contributed by atoms with E-state index in [-0.39, 0.29) is 12.7 Å². The van der Waals surface area contributed by atoms with E-state index in [0.717, 1.165) is 19.3 Å². The van der Waals surface area contributed by atoms with Crippen LogP contribution in [0.5, 0.6) is 0 Å². The van der Waals surface area contributed by atoms with Gasteiger partial charge in [0.1, 0.15) is 13.0 Å². The fourth-order valence-corrected chi connectivity index (χ4v) is 1.00. The Morgan fingerprint density at radius 1 is 1.78 bits per heavy atom. The summed E-state index contributed by atoms with van der Waals surface area (Å²) < 4.78 is 11.6. The molecule has 1 fully saturated rings. The van der Waals surface area contributed by atoms with E-state index < -0.39 is 0 Å². The maximum absolute atomic E-state index is 11.6. The average molecular weight is 131 g/mol. The van der Waals surface area contributed by atoms with Gasteiger partial charge in [0.25, 0.3) is 0 Å². The molecule has 3 heteroatoms. The molecule has 0 N–H and O–H groups in total. The van der Waals surface area contributed by atoms with E-state index >= 15 is 0 Å². The van der Waals surface area contributed by atoms with Crippen molar-refractivity contribution in [2.45, 2.75) is 12.5 Å². The number of likely N-dealkylation sites (tertiary alicyclic amines) is 1. The predicted molar refractivity (Wildman–Crippen MR) is 32.0 cm³/mol. The fraction of sp³-hybridized carbons (Fsp3) is 0.833. The maximum atomic E-state index is 11.6. The number of hydrogen-bond donors (Lipinski definition) is 0. The molecule has 2 nitrogen and oxygen atoms in total. The molecule has 1 heterocycles. The molecule has 52 valence electrons. The van der Waals surface area contributed by atoms with Crippen molar-refractivity contribution in [3.8, 4) is 0 Å². The van der Waals surface area contributed by atoms with Gasteiger partial charge in [-0.2, -0.15) is 0 Å². The van der Waals surface area contributed by atoms with E-state index in [1.54, 1.807) is 0 Å². The molecular formula is C6H10FNO. The van der Waals surface area contributed by atoms with Crippen LogP contribution in [0.25, 0.3) is 0 Å². The summed E-state index contributed by atoms with van der Waals surface area (Å²) in [6.45, 7) is 0.959. The highest BCUT2D eigenvalue weighted by Gasteiger charge is 2.26. The largest absolute Gasteiger partial charge is 0.302 e. The zero-order valence-electron chi connectivity index (χ0n) is 5.22. The number of nitrogens with zero attached hydrogens (tertiary/aromatic N) is 1.